The largest absolute Gasteiger partial charge is 0.493 e. The fourth-order valence-corrected chi connectivity index (χ4v) is 3.59. The van der Waals surface area contributed by atoms with Crippen LogP contribution in [0.4, 0.5) is 0 Å². The van der Waals surface area contributed by atoms with Crippen LogP contribution in [0, 0.1) is 11.8 Å². The highest BCUT2D eigenvalue weighted by Gasteiger charge is 2.22. The van der Waals surface area contributed by atoms with Crippen molar-refractivity contribution in [2.75, 3.05) is 19.7 Å². The Balaban J connectivity index is 1.46. The van der Waals surface area contributed by atoms with Crippen molar-refractivity contribution < 1.29 is 9.26 Å². The molecule has 4 rings (SSSR count). The van der Waals surface area contributed by atoms with E-state index >= 15 is 0 Å². The summed E-state index contributed by atoms with van der Waals surface area (Å²) in [4.78, 5) is 4.60. The fraction of sp³-hybridized carbons (Fsp3) is 0.556. The van der Waals surface area contributed by atoms with E-state index < -0.39 is 0 Å². The monoisotopic (exact) mass is 313 g/mol. The first-order valence-electron chi connectivity index (χ1n) is 8.59. The number of hydrogen-bond acceptors (Lipinski definition) is 5. The fourth-order valence-electron chi connectivity index (χ4n) is 3.59. The number of rotatable bonds is 4. The molecular formula is C18H23N3O2. The third kappa shape index (κ3) is 3.11. The topological polar surface area (TPSA) is 60.2 Å². The zero-order chi connectivity index (χ0) is 15.6. The minimum Gasteiger partial charge on any atom is -0.493 e. The summed E-state index contributed by atoms with van der Waals surface area (Å²) in [6, 6.07) is 6.13. The van der Waals surface area contributed by atoms with E-state index in [0.29, 0.717) is 17.7 Å². The van der Waals surface area contributed by atoms with E-state index in [1.807, 2.05) is 12.1 Å². The van der Waals surface area contributed by atoms with Crippen LogP contribution in [0.5, 0.6) is 5.75 Å². The predicted molar refractivity (Wildman–Crippen MR) is 87.4 cm³/mol. The Labute approximate surface area is 136 Å². The van der Waals surface area contributed by atoms with Crippen LogP contribution in [0.15, 0.2) is 22.7 Å². The number of fused-ring (bicyclic) bond motifs is 1. The molecule has 1 aromatic heterocycles. The first-order valence-corrected chi connectivity index (χ1v) is 8.59. The molecule has 5 heteroatoms. The summed E-state index contributed by atoms with van der Waals surface area (Å²) in [7, 11) is 0. The summed E-state index contributed by atoms with van der Waals surface area (Å²) in [5.41, 5.74) is 2.24. The number of nitrogens with zero attached hydrogens (tertiary/aromatic N) is 2. The van der Waals surface area contributed by atoms with Crippen LogP contribution in [0.25, 0.3) is 11.4 Å². The third-order valence-electron chi connectivity index (χ3n) is 5.05. The molecule has 0 radical (unpaired) electrons. The number of nitrogens with one attached hydrogen (secondary N) is 1. The molecule has 1 saturated heterocycles. The van der Waals surface area contributed by atoms with Crippen molar-refractivity contribution in [1.82, 2.24) is 15.5 Å². The molecule has 3 heterocycles. The highest BCUT2D eigenvalue weighted by atomic mass is 16.5. The van der Waals surface area contributed by atoms with Crippen LogP contribution in [0.2, 0.25) is 0 Å². The molecule has 0 amide bonds. The lowest BCUT2D eigenvalue weighted by atomic mass is 9.85. The van der Waals surface area contributed by atoms with Crippen LogP contribution in [0.1, 0.15) is 31.2 Å². The molecule has 2 aliphatic heterocycles. The van der Waals surface area contributed by atoms with Gasteiger partial charge in [0.25, 0.3) is 0 Å². The van der Waals surface area contributed by atoms with Gasteiger partial charge in [0.2, 0.25) is 11.7 Å². The standard InChI is InChI=1S/C18H23N3O2/c1-12(15-3-2-7-19-11-15)9-17-20-18(21-23-17)14-4-5-16-13(10-14)6-8-22-16/h4-5,10,12,15,19H,2-3,6-9,11H2,1H3. The molecule has 2 atom stereocenters. The highest BCUT2D eigenvalue weighted by molar-refractivity contribution is 5.59. The predicted octanol–water partition coefficient (Wildman–Crippen LogP) is 2.85. The molecule has 2 aliphatic rings. The van der Waals surface area contributed by atoms with Gasteiger partial charge >= 0.3 is 0 Å². The van der Waals surface area contributed by atoms with Crippen molar-refractivity contribution in [2.45, 2.75) is 32.6 Å². The molecule has 1 fully saturated rings. The lowest BCUT2D eigenvalue weighted by Gasteiger charge is -2.27. The van der Waals surface area contributed by atoms with Crippen LogP contribution < -0.4 is 10.1 Å². The van der Waals surface area contributed by atoms with Crippen LogP contribution >= 0.6 is 0 Å². The summed E-state index contributed by atoms with van der Waals surface area (Å²) in [5, 5.41) is 7.65. The van der Waals surface area contributed by atoms with Gasteiger partial charge in [-0.05, 0) is 61.5 Å². The molecule has 122 valence electrons. The lowest BCUT2D eigenvalue weighted by Crippen LogP contribution is -2.33. The number of hydrogen-bond donors (Lipinski definition) is 1. The summed E-state index contributed by atoms with van der Waals surface area (Å²) in [6.45, 7) is 5.31. The molecular weight excluding hydrogens is 290 g/mol. The molecule has 1 aromatic carbocycles. The van der Waals surface area contributed by atoms with E-state index in [1.165, 1.54) is 18.4 Å². The maximum Gasteiger partial charge on any atom is 0.227 e. The minimum absolute atomic E-state index is 0.560. The Morgan fingerprint density at radius 3 is 3.22 bits per heavy atom. The van der Waals surface area contributed by atoms with E-state index in [-0.39, 0.29) is 0 Å². The highest BCUT2D eigenvalue weighted by Crippen LogP contribution is 2.30. The summed E-state index contributed by atoms with van der Waals surface area (Å²) in [5.74, 6) is 3.68. The van der Waals surface area contributed by atoms with Crippen LogP contribution in [0.3, 0.4) is 0 Å². The average molecular weight is 313 g/mol. The molecule has 0 spiro atoms. The third-order valence-corrected chi connectivity index (χ3v) is 5.05. The molecule has 5 nitrogen and oxygen atoms in total. The first-order chi connectivity index (χ1) is 11.3. The maximum atomic E-state index is 5.54. The number of ether oxygens (including phenoxy) is 1. The molecule has 0 aliphatic carbocycles. The van der Waals surface area contributed by atoms with Crippen molar-refractivity contribution in [1.29, 1.82) is 0 Å². The second kappa shape index (κ2) is 6.32. The molecule has 1 N–H and O–H groups in total. The van der Waals surface area contributed by atoms with Gasteiger partial charge in [-0.1, -0.05) is 12.1 Å². The first kappa shape index (κ1) is 14.7. The Hall–Kier alpha value is -1.88. The SMILES string of the molecule is CC(Cc1nc(-c2ccc3c(c2)CCO3)no1)C1CCCNC1. The molecule has 0 saturated carbocycles. The van der Waals surface area contributed by atoms with E-state index in [9.17, 15) is 0 Å². The van der Waals surface area contributed by atoms with Crippen molar-refractivity contribution in [3.05, 3.63) is 29.7 Å². The van der Waals surface area contributed by atoms with Crippen molar-refractivity contribution in [3.63, 3.8) is 0 Å². The minimum atomic E-state index is 0.560. The summed E-state index contributed by atoms with van der Waals surface area (Å²) >= 11 is 0. The Morgan fingerprint density at radius 2 is 2.35 bits per heavy atom. The second-order valence-electron chi connectivity index (χ2n) is 6.72. The second-order valence-corrected chi connectivity index (χ2v) is 6.72. The van der Waals surface area contributed by atoms with E-state index in [4.69, 9.17) is 9.26 Å². The van der Waals surface area contributed by atoms with Gasteiger partial charge in [-0.3, -0.25) is 0 Å². The van der Waals surface area contributed by atoms with Crippen molar-refractivity contribution >= 4 is 0 Å². The van der Waals surface area contributed by atoms with Gasteiger partial charge in [-0.2, -0.15) is 4.98 Å². The smallest absolute Gasteiger partial charge is 0.227 e. The van der Waals surface area contributed by atoms with E-state index in [0.717, 1.165) is 49.7 Å². The number of aromatic nitrogens is 2. The molecule has 23 heavy (non-hydrogen) atoms. The Bertz CT molecular complexity index is 677. The van der Waals surface area contributed by atoms with E-state index in [2.05, 4.69) is 28.4 Å². The van der Waals surface area contributed by atoms with Gasteiger partial charge in [0, 0.05) is 18.4 Å². The quantitative estimate of drug-likeness (QED) is 0.940. The van der Waals surface area contributed by atoms with Crippen molar-refractivity contribution in [3.8, 4) is 17.1 Å². The van der Waals surface area contributed by atoms with Gasteiger partial charge in [0.1, 0.15) is 5.75 Å². The van der Waals surface area contributed by atoms with E-state index in [1.54, 1.807) is 0 Å². The summed E-state index contributed by atoms with van der Waals surface area (Å²) in [6.07, 6.45) is 4.37. The Kier molecular flexibility index (Phi) is 4.04. The average Bonchev–Trinajstić information content (AvgIpc) is 3.23. The van der Waals surface area contributed by atoms with Gasteiger partial charge in [0.15, 0.2) is 0 Å². The van der Waals surface area contributed by atoms with Gasteiger partial charge < -0.3 is 14.6 Å². The molecule has 2 aromatic rings. The van der Waals surface area contributed by atoms with Gasteiger partial charge in [0.05, 0.1) is 6.61 Å². The molecule has 0 bridgehead atoms. The van der Waals surface area contributed by atoms with Crippen molar-refractivity contribution in [2.24, 2.45) is 11.8 Å². The maximum absolute atomic E-state index is 5.54. The number of benzene rings is 1. The van der Waals surface area contributed by atoms with Gasteiger partial charge in [-0.15, -0.1) is 0 Å². The zero-order valence-corrected chi connectivity index (χ0v) is 13.5. The Morgan fingerprint density at radius 1 is 1.39 bits per heavy atom. The number of piperidine rings is 1. The lowest BCUT2D eigenvalue weighted by molar-refractivity contribution is 0.257. The normalized spacial score (nSPS) is 21.7. The van der Waals surface area contributed by atoms with Crippen LogP contribution in [-0.2, 0) is 12.8 Å². The zero-order valence-electron chi connectivity index (χ0n) is 13.5. The van der Waals surface area contributed by atoms with Crippen LogP contribution in [-0.4, -0.2) is 29.8 Å². The van der Waals surface area contributed by atoms with Gasteiger partial charge in [-0.25, -0.2) is 0 Å². The summed E-state index contributed by atoms with van der Waals surface area (Å²) < 4.78 is 11.0. The molecule has 2 unspecified atom stereocenters.